The molecular formula is C11H15Cl2NO. The van der Waals surface area contributed by atoms with Crippen molar-refractivity contribution >= 4 is 23.2 Å². The van der Waals surface area contributed by atoms with Crippen molar-refractivity contribution in [2.45, 2.75) is 25.8 Å². The standard InChI is InChI=1S/C11H15Cl2NO/c1-3-4-10(14)7-5-9(13)11(15-2)6-8(7)12/h5-6,10H,3-4,14H2,1-2H3. The number of ether oxygens (including phenoxy) is 1. The Hall–Kier alpha value is -0.440. The first kappa shape index (κ1) is 12.6. The third kappa shape index (κ3) is 3.00. The highest BCUT2D eigenvalue weighted by Crippen LogP contribution is 2.34. The van der Waals surface area contributed by atoms with Gasteiger partial charge in [0.15, 0.2) is 0 Å². The van der Waals surface area contributed by atoms with Crippen molar-refractivity contribution in [3.05, 3.63) is 27.7 Å². The lowest BCUT2D eigenvalue weighted by atomic mass is 10.0. The van der Waals surface area contributed by atoms with Gasteiger partial charge in [-0.15, -0.1) is 0 Å². The maximum Gasteiger partial charge on any atom is 0.138 e. The van der Waals surface area contributed by atoms with Crippen LogP contribution in [-0.2, 0) is 0 Å². The predicted octanol–water partition coefficient (Wildman–Crippen LogP) is 3.80. The minimum Gasteiger partial charge on any atom is -0.495 e. The van der Waals surface area contributed by atoms with Crippen molar-refractivity contribution in [3.8, 4) is 5.75 Å². The van der Waals surface area contributed by atoms with Gasteiger partial charge in [-0.2, -0.15) is 0 Å². The van der Waals surface area contributed by atoms with Crippen LogP contribution in [0.2, 0.25) is 10.0 Å². The number of hydrogen-bond donors (Lipinski definition) is 1. The quantitative estimate of drug-likeness (QED) is 0.879. The first-order valence-corrected chi connectivity index (χ1v) is 5.64. The average molecular weight is 248 g/mol. The Morgan fingerprint density at radius 1 is 1.33 bits per heavy atom. The first-order chi connectivity index (χ1) is 7.10. The molecule has 0 amide bonds. The van der Waals surface area contributed by atoms with E-state index >= 15 is 0 Å². The summed E-state index contributed by atoms with van der Waals surface area (Å²) in [5.41, 5.74) is 6.86. The molecule has 0 fully saturated rings. The summed E-state index contributed by atoms with van der Waals surface area (Å²) in [6.07, 6.45) is 1.91. The van der Waals surface area contributed by atoms with Gasteiger partial charge in [0, 0.05) is 17.1 Å². The van der Waals surface area contributed by atoms with Gasteiger partial charge in [0.25, 0.3) is 0 Å². The Kier molecular flexibility index (Phi) is 4.71. The smallest absolute Gasteiger partial charge is 0.138 e. The van der Waals surface area contributed by atoms with Gasteiger partial charge < -0.3 is 10.5 Å². The molecule has 4 heteroatoms. The molecule has 1 aromatic rings. The molecule has 0 aromatic heterocycles. The Balaban J connectivity index is 3.04. The zero-order chi connectivity index (χ0) is 11.4. The van der Waals surface area contributed by atoms with Crippen LogP contribution in [0.3, 0.4) is 0 Å². The fourth-order valence-corrected chi connectivity index (χ4v) is 1.99. The summed E-state index contributed by atoms with van der Waals surface area (Å²) >= 11 is 12.1. The van der Waals surface area contributed by atoms with E-state index in [0.29, 0.717) is 15.8 Å². The highest BCUT2D eigenvalue weighted by atomic mass is 35.5. The Bertz CT molecular complexity index is 342. The number of methoxy groups -OCH3 is 1. The predicted molar refractivity (Wildman–Crippen MR) is 64.9 cm³/mol. The van der Waals surface area contributed by atoms with E-state index < -0.39 is 0 Å². The van der Waals surface area contributed by atoms with Crippen molar-refractivity contribution in [1.29, 1.82) is 0 Å². The Labute approximate surface area is 100 Å². The van der Waals surface area contributed by atoms with Crippen LogP contribution in [0.5, 0.6) is 5.75 Å². The van der Waals surface area contributed by atoms with Gasteiger partial charge in [-0.25, -0.2) is 0 Å². The van der Waals surface area contributed by atoms with E-state index in [1.807, 2.05) is 0 Å². The molecule has 1 aromatic carbocycles. The molecule has 15 heavy (non-hydrogen) atoms. The van der Waals surface area contributed by atoms with Gasteiger partial charge in [0.2, 0.25) is 0 Å². The molecule has 0 saturated heterocycles. The number of rotatable bonds is 4. The highest BCUT2D eigenvalue weighted by Gasteiger charge is 2.13. The van der Waals surface area contributed by atoms with Crippen molar-refractivity contribution in [1.82, 2.24) is 0 Å². The van der Waals surface area contributed by atoms with Crippen molar-refractivity contribution in [3.63, 3.8) is 0 Å². The van der Waals surface area contributed by atoms with E-state index in [1.54, 1.807) is 19.2 Å². The van der Waals surface area contributed by atoms with E-state index in [0.717, 1.165) is 18.4 Å². The average Bonchev–Trinajstić information content (AvgIpc) is 2.21. The highest BCUT2D eigenvalue weighted by molar-refractivity contribution is 6.34. The third-order valence-electron chi connectivity index (χ3n) is 2.27. The van der Waals surface area contributed by atoms with Crippen LogP contribution in [0.15, 0.2) is 12.1 Å². The van der Waals surface area contributed by atoms with Gasteiger partial charge in [0.1, 0.15) is 5.75 Å². The van der Waals surface area contributed by atoms with Crippen LogP contribution in [0.25, 0.3) is 0 Å². The summed E-state index contributed by atoms with van der Waals surface area (Å²) < 4.78 is 5.06. The largest absolute Gasteiger partial charge is 0.495 e. The monoisotopic (exact) mass is 247 g/mol. The second-order valence-electron chi connectivity index (χ2n) is 3.40. The second-order valence-corrected chi connectivity index (χ2v) is 4.22. The van der Waals surface area contributed by atoms with E-state index in [9.17, 15) is 0 Å². The molecule has 0 aliphatic carbocycles. The molecule has 1 rings (SSSR count). The summed E-state index contributed by atoms with van der Waals surface area (Å²) in [6.45, 7) is 2.08. The number of nitrogens with two attached hydrogens (primary N) is 1. The van der Waals surface area contributed by atoms with E-state index in [-0.39, 0.29) is 6.04 Å². The normalized spacial score (nSPS) is 12.6. The van der Waals surface area contributed by atoms with Crippen LogP contribution in [0, 0.1) is 0 Å². The number of hydrogen-bond acceptors (Lipinski definition) is 2. The summed E-state index contributed by atoms with van der Waals surface area (Å²) in [4.78, 5) is 0. The third-order valence-corrected chi connectivity index (χ3v) is 2.89. The molecule has 84 valence electrons. The molecule has 0 bridgehead atoms. The zero-order valence-electron chi connectivity index (χ0n) is 8.89. The van der Waals surface area contributed by atoms with Gasteiger partial charge in [0.05, 0.1) is 12.1 Å². The minimum atomic E-state index is -0.0640. The molecule has 1 atom stereocenters. The van der Waals surface area contributed by atoms with Gasteiger partial charge in [-0.1, -0.05) is 36.5 Å². The van der Waals surface area contributed by atoms with E-state index in [1.165, 1.54) is 0 Å². The molecule has 0 spiro atoms. The van der Waals surface area contributed by atoms with Gasteiger partial charge in [-0.3, -0.25) is 0 Å². The van der Waals surface area contributed by atoms with Crippen LogP contribution in [-0.4, -0.2) is 7.11 Å². The van der Waals surface area contributed by atoms with Crippen molar-refractivity contribution < 1.29 is 4.74 Å². The van der Waals surface area contributed by atoms with Gasteiger partial charge in [-0.05, 0) is 18.1 Å². The molecule has 0 saturated carbocycles. The lowest BCUT2D eigenvalue weighted by Crippen LogP contribution is -2.10. The van der Waals surface area contributed by atoms with Gasteiger partial charge >= 0.3 is 0 Å². The summed E-state index contributed by atoms with van der Waals surface area (Å²) in [7, 11) is 1.56. The fraction of sp³-hybridized carbons (Fsp3) is 0.455. The molecule has 2 nitrogen and oxygen atoms in total. The van der Waals surface area contributed by atoms with Crippen molar-refractivity contribution in [2.75, 3.05) is 7.11 Å². The maximum absolute atomic E-state index is 6.09. The van der Waals surface area contributed by atoms with Crippen molar-refractivity contribution in [2.24, 2.45) is 5.73 Å². The second kappa shape index (κ2) is 5.59. The fourth-order valence-electron chi connectivity index (χ4n) is 1.45. The topological polar surface area (TPSA) is 35.2 Å². The molecule has 0 aliphatic rings. The Morgan fingerprint density at radius 2 is 2.00 bits per heavy atom. The SMILES string of the molecule is CCCC(N)c1cc(Cl)c(OC)cc1Cl. The van der Waals surface area contributed by atoms with Crippen LogP contribution < -0.4 is 10.5 Å². The van der Waals surface area contributed by atoms with Crippen LogP contribution in [0.1, 0.15) is 31.4 Å². The van der Waals surface area contributed by atoms with Crippen LogP contribution >= 0.6 is 23.2 Å². The summed E-state index contributed by atoms with van der Waals surface area (Å²) in [6, 6.07) is 3.42. The summed E-state index contributed by atoms with van der Waals surface area (Å²) in [5, 5.41) is 1.15. The van der Waals surface area contributed by atoms with E-state index in [4.69, 9.17) is 33.7 Å². The lowest BCUT2D eigenvalue weighted by Gasteiger charge is -2.14. The molecule has 0 radical (unpaired) electrons. The molecule has 0 aliphatic heterocycles. The minimum absolute atomic E-state index is 0.0640. The zero-order valence-corrected chi connectivity index (χ0v) is 10.4. The maximum atomic E-state index is 6.09. The molecule has 1 unspecified atom stereocenters. The van der Waals surface area contributed by atoms with Crippen LogP contribution in [0.4, 0.5) is 0 Å². The molecular weight excluding hydrogens is 233 g/mol. The lowest BCUT2D eigenvalue weighted by molar-refractivity contribution is 0.414. The molecule has 0 heterocycles. The first-order valence-electron chi connectivity index (χ1n) is 4.88. The van der Waals surface area contributed by atoms with E-state index in [2.05, 4.69) is 6.92 Å². The molecule has 2 N–H and O–H groups in total. The Morgan fingerprint density at radius 3 is 2.53 bits per heavy atom. The summed E-state index contributed by atoms with van der Waals surface area (Å²) in [5.74, 6) is 0.578. The number of halogens is 2. The number of benzene rings is 1.